The Hall–Kier alpha value is -2.82. The van der Waals surface area contributed by atoms with Crippen LogP contribution in [0.3, 0.4) is 0 Å². The minimum absolute atomic E-state index is 0.0398. The summed E-state index contributed by atoms with van der Waals surface area (Å²) in [6.07, 6.45) is 0. The molecule has 0 atom stereocenters. The van der Waals surface area contributed by atoms with E-state index in [1.807, 2.05) is 0 Å². The second-order valence-electron chi connectivity index (χ2n) is 4.88. The van der Waals surface area contributed by atoms with Gasteiger partial charge in [-0.25, -0.2) is 4.79 Å². The topological polar surface area (TPSA) is 70.8 Å². The average Bonchev–Trinajstić information content (AvgIpc) is 2.45. The van der Waals surface area contributed by atoms with Crippen LogP contribution in [0.1, 0.15) is 6.92 Å². The van der Waals surface area contributed by atoms with E-state index in [9.17, 15) is 14.7 Å². The van der Waals surface area contributed by atoms with Crippen LogP contribution < -0.4 is 10.5 Å². The second kappa shape index (κ2) is 4.63. The van der Waals surface area contributed by atoms with Gasteiger partial charge in [0.1, 0.15) is 11.3 Å². The highest BCUT2D eigenvalue weighted by Crippen LogP contribution is 2.28. The molecule has 1 amide bonds. The second-order valence-corrected chi connectivity index (χ2v) is 4.88. The van der Waals surface area contributed by atoms with Crippen LogP contribution in [0, 0.1) is 0 Å². The summed E-state index contributed by atoms with van der Waals surface area (Å²) in [5.41, 5.74) is 0.461. The molecule has 2 aromatic carbocycles. The first-order valence-corrected chi connectivity index (χ1v) is 6.41. The zero-order valence-electron chi connectivity index (χ0n) is 11.6. The van der Waals surface area contributed by atoms with Gasteiger partial charge in [0.05, 0.1) is 5.39 Å². The van der Waals surface area contributed by atoms with Crippen LogP contribution in [-0.2, 0) is 4.79 Å². The van der Waals surface area contributed by atoms with Crippen LogP contribution in [0.15, 0.2) is 45.6 Å². The molecular weight excluding hydrogens is 270 g/mol. The van der Waals surface area contributed by atoms with Crippen LogP contribution in [-0.4, -0.2) is 18.1 Å². The van der Waals surface area contributed by atoms with Gasteiger partial charge in [0.15, 0.2) is 0 Å². The number of hydrogen-bond donors (Lipinski definition) is 1. The van der Waals surface area contributed by atoms with Crippen molar-refractivity contribution in [1.82, 2.24) is 0 Å². The maximum absolute atomic E-state index is 12.1. The fourth-order valence-corrected chi connectivity index (χ4v) is 2.30. The first kappa shape index (κ1) is 13.2. The highest BCUT2D eigenvalue weighted by molar-refractivity contribution is 6.06. The van der Waals surface area contributed by atoms with Crippen molar-refractivity contribution in [1.29, 1.82) is 0 Å². The predicted octanol–water partition coefficient (Wildman–Crippen LogP) is 2.63. The van der Waals surface area contributed by atoms with E-state index < -0.39 is 5.63 Å². The number of carbonyl (C=O) groups excluding carboxylic acids is 1. The van der Waals surface area contributed by atoms with Crippen molar-refractivity contribution in [3.05, 3.63) is 46.8 Å². The van der Waals surface area contributed by atoms with Crippen molar-refractivity contribution in [3.8, 4) is 5.75 Å². The third kappa shape index (κ3) is 2.12. The molecule has 0 saturated carbocycles. The summed E-state index contributed by atoms with van der Waals surface area (Å²) in [5.74, 6) is -0.0811. The molecule has 106 valence electrons. The first-order valence-electron chi connectivity index (χ1n) is 6.41. The molecule has 0 bridgehead atoms. The fourth-order valence-electron chi connectivity index (χ4n) is 2.30. The van der Waals surface area contributed by atoms with Gasteiger partial charge in [-0.05, 0) is 24.3 Å². The van der Waals surface area contributed by atoms with E-state index in [2.05, 4.69) is 0 Å². The summed E-state index contributed by atoms with van der Waals surface area (Å²) in [7, 11) is 1.64. The molecule has 1 aromatic heterocycles. The van der Waals surface area contributed by atoms with Gasteiger partial charge in [-0.1, -0.05) is 6.07 Å². The molecule has 5 heteroatoms. The summed E-state index contributed by atoms with van der Waals surface area (Å²) >= 11 is 0. The van der Waals surface area contributed by atoms with Crippen LogP contribution in [0.25, 0.3) is 21.7 Å². The Kier molecular flexibility index (Phi) is 2.90. The van der Waals surface area contributed by atoms with Crippen molar-refractivity contribution in [2.45, 2.75) is 6.92 Å². The third-order valence-electron chi connectivity index (χ3n) is 3.54. The summed E-state index contributed by atoms with van der Waals surface area (Å²) in [4.78, 5) is 25.0. The van der Waals surface area contributed by atoms with E-state index >= 15 is 0 Å². The summed E-state index contributed by atoms with van der Waals surface area (Å²) in [6, 6.07) is 9.83. The number of anilines is 1. The van der Waals surface area contributed by atoms with Gasteiger partial charge in [0, 0.05) is 36.5 Å². The van der Waals surface area contributed by atoms with Crippen LogP contribution in [0.4, 0.5) is 5.69 Å². The lowest BCUT2D eigenvalue weighted by molar-refractivity contribution is -0.116. The molecule has 0 spiro atoms. The van der Waals surface area contributed by atoms with E-state index in [0.29, 0.717) is 16.7 Å². The number of fused-ring (bicyclic) bond motifs is 3. The maximum atomic E-state index is 12.1. The number of phenols is 1. The fraction of sp³-hybridized carbons (Fsp3) is 0.125. The quantitative estimate of drug-likeness (QED) is 0.550. The molecule has 1 N–H and O–H groups in total. The lowest BCUT2D eigenvalue weighted by atomic mass is 10.1. The molecule has 0 aliphatic heterocycles. The Balaban J connectivity index is 2.35. The van der Waals surface area contributed by atoms with Gasteiger partial charge in [0.2, 0.25) is 5.91 Å². The van der Waals surface area contributed by atoms with E-state index in [1.54, 1.807) is 31.3 Å². The average molecular weight is 283 g/mol. The summed E-state index contributed by atoms with van der Waals surface area (Å²) in [6.45, 7) is 1.45. The molecule has 0 saturated heterocycles. The van der Waals surface area contributed by atoms with Gasteiger partial charge in [0.25, 0.3) is 0 Å². The van der Waals surface area contributed by atoms with E-state index in [1.165, 1.54) is 24.0 Å². The molecule has 3 rings (SSSR count). The normalized spacial score (nSPS) is 11.0. The van der Waals surface area contributed by atoms with Gasteiger partial charge in [-0.3, -0.25) is 4.79 Å². The number of phenolic OH excluding ortho intramolecular Hbond substituents is 1. The number of aromatic hydroxyl groups is 1. The SMILES string of the molecule is CC(=O)N(C)c1ccc2c(c1)c(=O)oc1cc(O)ccc12. The van der Waals surface area contributed by atoms with Gasteiger partial charge < -0.3 is 14.4 Å². The molecule has 0 radical (unpaired) electrons. The Morgan fingerprint density at radius 1 is 1.10 bits per heavy atom. The minimum Gasteiger partial charge on any atom is -0.508 e. The Labute approximate surface area is 120 Å². The third-order valence-corrected chi connectivity index (χ3v) is 3.54. The monoisotopic (exact) mass is 283 g/mol. The highest BCUT2D eigenvalue weighted by Gasteiger charge is 2.11. The molecular formula is C16H13NO4. The number of benzene rings is 2. The predicted molar refractivity (Wildman–Crippen MR) is 80.7 cm³/mol. The maximum Gasteiger partial charge on any atom is 0.344 e. The van der Waals surface area contributed by atoms with E-state index in [-0.39, 0.29) is 11.7 Å². The zero-order valence-corrected chi connectivity index (χ0v) is 11.6. The zero-order chi connectivity index (χ0) is 15.1. The number of nitrogens with zero attached hydrogens (tertiary/aromatic N) is 1. The Morgan fingerprint density at radius 2 is 1.81 bits per heavy atom. The first-order chi connectivity index (χ1) is 9.97. The van der Waals surface area contributed by atoms with Crippen molar-refractivity contribution >= 4 is 33.3 Å². The molecule has 0 fully saturated rings. The standard InChI is InChI=1S/C16H13NO4/c1-9(18)17(2)10-3-5-12-13-6-4-11(19)8-15(13)21-16(20)14(12)7-10/h3-8,19H,1-2H3. The van der Waals surface area contributed by atoms with Crippen LogP contribution in [0.2, 0.25) is 0 Å². The number of carbonyl (C=O) groups is 1. The molecule has 0 aliphatic carbocycles. The van der Waals surface area contributed by atoms with Crippen LogP contribution >= 0.6 is 0 Å². The van der Waals surface area contributed by atoms with E-state index in [4.69, 9.17) is 4.42 Å². The molecule has 5 nitrogen and oxygen atoms in total. The molecule has 3 aromatic rings. The van der Waals surface area contributed by atoms with Gasteiger partial charge in [-0.15, -0.1) is 0 Å². The number of amides is 1. The summed E-state index contributed by atoms with van der Waals surface area (Å²) in [5, 5.41) is 11.3. The van der Waals surface area contributed by atoms with Crippen molar-refractivity contribution < 1.29 is 14.3 Å². The lowest BCUT2D eigenvalue weighted by Crippen LogP contribution is -2.22. The largest absolute Gasteiger partial charge is 0.508 e. The van der Waals surface area contributed by atoms with Gasteiger partial charge >= 0.3 is 5.63 Å². The summed E-state index contributed by atoms with van der Waals surface area (Å²) < 4.78 is 5.23. The van der Waals surface area contributed by atoms with Crippen LogP contribution in [0.5, 0.6) is 5.75 Å². The van der Waals surface area contributed by atoms with Crippen molar-refractivity contribution in [2.75, 3.05) is 11.9 Å². The lowest BCUT2D eigenvalue weighted by Gasteiger charge is -2.15. The van der Waals surface area contributed by atoms with E-state index in [0.717, 1.165) is 10.8 Å². The Morgan fingerprint density at radius 3 is 2.52 bits per heavy atom. The molecule has 21 heavy (non-hydrogen) atoms. The number of hydrogen-bond acceptors (Lipinski definition) is 4. The number of rotatable bonds is 1. The Bertz CT molecular complexity index is 927. The minimum atomic E-state index is -0.498. The van der Waals surface area contributed by atoms with Crippen molar-refractivity contribution in [3.63, 3.8) is 0 Å². The molecule has 0 aliphatic rings. The van der Waals surface area contributed by atoms with Gasteiger partial charge in [-0.2, -0.15) is 0 Å². The molecule has 0 unspecified atom stereocenters. The highest BCUT2D eigenvalue weighted by atomic mass is 16.4. The molecule has 1 heterocycles. The van der Waals surface area contributed by atoms with Crippen molar-refractivity contribution in [2.24, 2.45) is 0 Å². The smallest absolute Gasteiger partial charge is 0.344 e.